The zero-order valence-corrected chi connectivity index (χ0v) is 17.0. The summed E-state index contributed by atoms with van der Waals surface area (Å²) in [5, 5.41) is 16.1. The van der Waals surface area contributed by atoms with Gasteiger partial charge in [0.15, 0.2) is 5.78 Å². The van der Waals surface area contributed by atoms with Crippen molar-refractivity contribution in [3.8, 4) is 0 Å². The molecular weight excluding hydrogens is 378 g/mol. The number of nitrogens with two attached hydrogens (primary N) is 1. The second-order valence-corrected chi connectivity index (χ2v) is 8.26. The van der Waals surface area contributed by atoms with Crippen LogP contribution in [0.5, 0.6) is 0 Å². The number of rotatable bonds is 6. The molecule has 1 heterocycles. The van der Waals surface area contributed by atoms with E-state index in [2.05, 4.69) is 5.10 Å². The standard InChI is InChI=1S/C24H27N3O3/c25-22-20-6-2-1-5-18(20)11-12-24(22,15-21(28)29)23(30)19-9-7-17(8-10-19)16-26-27-13-3-4-14-27/h1-2,5-10,16,22H,3-4,11-15,25H2,(H,28,29). The lowest BCUT2D eigenvalue weighted by Gasteiger charge is -2.41. The summed E-state index contributed by atoms with van der Waals surface area (Å²) in [5.41, 5.74) is 8.76. The van der Waals surface area contributed by atoms with Gasteiger partial charge in [-0.2, -0.15) is 5.10 Å². The first-order valence-electron chi connectivity index (χ1n) is 10.5. The highest BCUT2D eigenvalue weighted by atomic mass is 16.4. The minimum absolute atomic E-state index is 0.199. The summed E-state index contributed by atoms with van der Waals surface area (Å²) < 4.78 is 0. The number of ketones is 1. The quantitative estimate of drug-likeness (QED) is 0.567. The van der Waals surface area contributed by atoms with Gasteiger partial charge in [-0.1, -0.05) is 48.5 Å². The Morgan fingerprint density at radius 1 is 1.13 bits per heavy atom. The molecule has 1 aliphatic heterocycles. The second-order valence-electron chi connectivity index (χ2n) is 8.26. The van der Waals surface area contributed by atoms with E-state index in [0.717, 1.165) is 29.8 Å². The van der Waals surface area contributed by atoms with Crippen molar-refractivity contribution in [2.75, 3.05) is 13.1 Å². The van der Waals surface area contributed by atoms with Gasteiger partial charge < -0.3 is 10.8 Å². The average molecular weight is 405 g/mol. The molecule has 1 fully saturated rings. The molecule has 0 spiro atoms. The number of fused-ring (bicyclic) bond motifs is 1. The molecule has 0 saturated carbocycles. The zero-order valence-electron chi connectivity index (χ0n) is 17.0. The molecule has 3 N–H and O–H groups in total. The highest BCUT2D eigenvalue weighted by molar-refractivity contribution is 6.03. The van der Waals surface area contributed by atoms with Gasteiger partial charge in [-0.15, -0.1) is 0 Å². The Balaban J connectivity index is 1.60. The molecule has 0 bridgehead atoms. The zero-order chi connectivity index (χ0) is 21.1. The highest BCUT2D eigenvalue weighted by Gasteiger charge is 2.48. The second kappa shape index (κ2) is 8.40. The van der Waals surface area contributed by atoms with Gasteiger partial charge in [-0.05, 0) is 42.4 Å². The molecule has 1 aliphatic carbocycles. The Bertz CT molecular complexity index is 964. The average Bonchev–Trinajstić information content (AvgIpc) is 3.28. The summed E-state index contributed by atoms with van der Waals surface area (Å²) in [6.07, 6.45) is 4.92. The van der Waals surface area contributed by atoms with Crippen molar-refractivity contribution in [2.24, 2.45) is 16.3 Å². The first-order chi connectivity index (χ1) is 14.5. The molecule has 30 heavy (non-hydrogen) atoms. The molecule has 2 unspecified atom stereocenters. The van der Waals surface area contributed by atoms with E-state index in [1.807, 2.05) is 41.4 Å². The third-order valence-corrected chi connectivity index (χ3v) is 6.37. The van der Waals surface area contributed by atoms with Crippen LogP contribution in [0, 0.1) is 5.41 Å². The van der Waals surface area contributed by atoms with Gasteiger partial charge >= 0.3 is 5.97 Å². The monoisotopic (exact) mass is 405 g/mol. The number of hydrogen-bond acceptors (Lipinski definition) is 5. The lowest BCUT2D eigenvalue weighted by molar-refractivity contribution is -0.139. The predicted octanol–water partition coefficient (Wildman–Crippen LogP) is 3.41. The van der Waals surface area contributed by atoms with E-state index in [0.29, 0.717) is 18.4 Å². The molecule has 1 saturated heterocycles. The normalized spacial score (nSPS) is 23.5. The summed E-state index contributed by atoms with van der Waals surface area (Å²) in [4.78, 5) is 25.3. The van der Waals surface area contributed by atoms with E-state index in [1.165, 1.54) is 12.8 Å². The maximum atomic E-state index is 13.6. The molecule has 6 heteroatoms. The van der Waals surface area contributed by atoms with Crippen molar-refractivity contribution < 1.29 is 14.7 Å². The maximum absolute atomic E-state index is 13.6. The maximum Gasteiger partial charge on any atom is 0.304 e. The van der Waals surface area contributed by atoms with Crippen LogP contribution in [-0.4, -0.2) is 41.2 Å². The summed E-state index contributed by atoms with van der Waals surface area (Å²) >= 11 is 0. The number of carboxylic acid groups (broad SMARTS) is 1. The van der Waals surface area contributed by atoms with E-state index >= 15 is 0 Å². The number of aliphatic carboxylic acids is 1. The predicted molar refractivity (Wildman–Crippen MR) is 116 cm³/mol. The molecule has 4 rings (SSSR count). The Morgan fingerprint density at radius 2 is 1.83 bits per heavy atom. The van der Waals surface area contributed by atoms with Crippen LogP contribution < -0.4 is 5.73 Å². The van der Waals surface area contributed by atoms with Crippen molar-refractivity contribution in [1.82, 2.24) is 5.01 Å². The summed E-state index contributed by atoms with van der Waals surface area (Å²) in [7, 11) is 0. The van der Waals surface area contributed by atoms with E-state index in [1.54, 1.807) is 18.3 Å². The Morgan fingerprint density at radius 3 is 2.53 bits per heavy atom. The van der Waals surface area contributed by atoms with Crippen molar-refractivity contribution in [2.45, 2.75) is 38.1 Å². The van der Waals surface area contributed by atoms with E-state index in [-0.39, 0.29) is 12.2 Å². The molecule has 2 aliphatic rings. The van der Waals surface area contributed by atoms with E-state index in [4.69, 9.17) is 5.73 Å². The van der Waals surface area contributed by atoms with Gasteiger partial charge in [0, 0.05) is 24.7 Å². The largest absolute Gasteiger partial charge is 0.481 e. The van der Waals surface area contributed by atoms with Gasteiger partial charge in [-0.25, -0.2) is 0 Å². The molecule has 6 nitrogen and oxygen atoms in total. The van der Waals surface area contributed by atoms with Crippen LogP contribution in [0.3, 0.4) is 0 Å². The number of benzene rings is 2. The SMILES string of the molecule is NC1c2ccccc2CCC1(CC(=O)O)C(=O)c1ccc(C=NN2CCCC2)cc1. The minimum atomic E-state index is -1.15. The van der Waals surface area contributed by atoms with Crippen LogP contribution in [0.15, 0.2) is 53.6 Å². The molecule has 156 valence electrons. The highest BCUT2D eigenvalue weighted by Crippen LogP contribution is 2.47. The van der Waals surface area contributed by atoms with Crippen LogP contribution >= 0.6 is 0 Å². The van der Waals surface area contributed by atoms with Crippen LogP contribution in [0.2, 0.25) is 0 Å². The lowest BCUT2D eigenvalue weighted by atomic mass is 9.63. The van der Waals surface area contributed by atoms with Crippen LogP contribution in [0.1, 0.15) is 58.8 Å². The summed E-state index contributed by atoms with van der Waals surface area (Å²) in [6.45, 7) is 1.95. The Labute approximate surface area is 176 Å². The van der Waals surface area contributed by atoms with Gasteiger partial charge in [0.25, 0.3) is 0 Å². The fourth-order valence-electron chi connectivity index (χ4n) is 4.65. The number of Topliss-reactive ketones (excluding diaryl/α,β-unsaturated/α-hetero) is 1. The number of hydrazone groups is 1. The Kier molecular flexibility index (Phi) is 5.68. The fourth-order valence-corrected chi connectivity index (χ4v) is 4.65. The number of carbonyl (C=O) groups is 2. The number of aryl methyl sites for hydroxylation is 1. The minimum Gasteiger partial charge on any atom is -0.481 e. The van der Waals surface area contributed by atoms with Gasteiger partial charge in [-0.3, -0.25) is 14.6 Å². The topological polar surface area (TPSA) is 96.0 Å². The van der Waals surface area contributed by atoms with Gasteiger partial charge in [0.1, 0.15) is 0 Å². The van der Waals surface area contributed by atoms with Gasteiger partial charge in [0.2, 0.25) is 0 Å². The van der Waals surface area contributed by atoms with Crippen LogP contribution in [0.25, 0.3) is 0 Å². The molecule has 2 aromatic rings. The molecule has 2 aromatic carbocycles. The van der Waals surface area contributed by atoms with Crippen molar-refractivity contribution >= 4 is 18.0 Å². The van der Waals surface area contributed by atoms with Gasteiger partial charge in [0.05, 0.1) is 18.1 Å². The lowest BCUT2D eigenvalue weighted by Crippen LogP contribution is -2.46. The van der Waals surface area contributed by atoms with E-state index in [9.17, 15) is 14.7 Å². The molecule has 0 amide bonds. The fraction of sp³-hybridized carbons (Fsp3) is 0.375. The first kappa shape index (κ1) is 20.3. The molecular formula is C24H27N3O3. The first-order valence-corrected chi connectivity index (χ1v) is 10.5. The molecule has 0 aromatic heterocycles. The molecule has 0 radical (unpaired) electrons. The van der Waals surface area contributed by atoms with E-state index < -0.39 is 17.4 Å². The van der Waals surface area contributed by atoms with Crippen LogP contribution in [0.4, 0.5) is 0 Å². The summed E-state index contributed by atoms with van der Waals surface area (Å²) in [6, 6.07) is 14.3. The number of carbonyl (C=O) groups excluding carboxylic acids is 1. The van der Waals surface area contributed by atoms with Crippen molar-refractivity contribution in [3.63, 3.8) is 0 Å². The number of hydrogen-bond donors (Lipinski definition) is 2. The third-order valence-electron chi connectivity index (χ3n) is 6.37. The number of nitrogens with zero attached hydrogens (tertiary/aromatic N) is 2. The smallest absolute Gasteiger partial charge is 0.304 e. The van der Waals surface area contributed by atoms with Crippen molar-refractivity contribution in [3.05, 3.63) is 70.8 Å². The number of carboxylic acids is 1. The summed E-state index contributed by atoms with van der Waals surface area (Å²) in [5.74, 6) is -1.21. The third kappa shape index (κ3) is 3.87. The molecule has 2 atom stereocenters. The Hall–Kier alpha value is -2.99. The van der Waals surface area contributed by atoms with Crippen molar-refractivity contribution in [1.29, 1.82) is 0 Å². The van der Waals surface area contributed by atoms with Crippen LogP contribution in [-0.2, 0) is 11.2 Å².